The molecular formula is C27H32N2O5. The van der Waals surface area contributed by atoms with Crippen LogP contribution < -0.4 is 10.6 Å². The monoisotopic (exact) mass is 464 g/mol. The van der Waals surface area contributed by atoms with E-state index in [-0.39, 0.29) is 42.7 Å². The summed E-state index contributed by atoms with van der Waals surface area (Å²) in [6.45, 7) is 2.81. The van der Waals surface area contributed by atoms with E-state index in [2.05, 4.69) is 34.9 Å². The van der Waals surface area contributed by atoms with Gasteiger partial charge in [-0.2, -0.15) is 0 Å². The van der Waals surface area contributed by atoms with Crippen molar-refractivity contribution < 1.29 is 24.2 Å². The number of benzene rings is 2. The molecule has 1 unspecified atom stereocenters. The maximum Gasteiger partial charge on any atom is 0.407 e. The Labute approximate surface area is 199 Å². The Balaban J connectivity index is 1.16. The number of carboxylic acids is 1. The number of hydrogen-bond donors (Lipinski definition) is 3. The third-order valence-corrected chi connectivity index (χ3v) is 6.96. The van der Waals surface area contributed by atoms with E-state index in [9.17, 15) is 14.4 Å². The van der Waals surface area contributed by atoms with Crippen LogP contribution in [-0.4, -0.2) is 42.3 Å². The van der Waals surface area contributed by atoms with Crippen molar-refractivity contribution in [3.63, 3.8) is 0 Å². The van der Waals surface area contributed by atoms with E-state index in [0.29, 0.717) is 25.8 Å². The Morgan fingerprint density at radius 1 is 1.00 bits per heavy atom. The lowest BCUT2D eigenvalue weighted by Crippen LogP contribution is -2.49. The van der Waals surface area contributed by atoms with Crippen molar-refractivity contribution in [3.05, 3.63) is 59.7 Å². The Bertz CT molecular complexity index is 1000. The lowest BCUT2D eigenvalue weighted by molar-refractivity contribution is -0.137. The number of fused-ring (bicyclic) bond motifs is 3. The molecular weight excluding hydrogens is 432 g/mol. The number of carbonyl (C=O) groups excluding carboxylic acids is 2. The van der Waals surface area contributed by atoms with E-state index in [4.69, 9.17) is 9.84 Å². The van der Waals surface area contributed by atoms with Crippen LogP contribution in [0.4, 0.5) is 4.79 Å². The van der Waals surface area contributed by atoms with Gasteiger partial charge in [0, 0.05) is 30.8 Å². The number of aliphatic carboxylic acids is 1. The molecule has 2 aromatic rings. The highest BCUT2D eigenvalue weighted by Crippen LogP contribution is 2.44. The van der Waals surface area contributed by atoms with Crippen LogP contribution >= 0.6 is 0 Å². The molecule has 2 aliphatic carbocycles. The van der Waals surface area contributed by atoms with Crippen LogP contribution in [-0.2, 0) is 14.3 Å². The summed E-state index contributed by atoms with van der Waals surface area (Å²) in [7, 11) is 0. The van der Waals surface area contributed by atoms with Crippen molar-refractivity contribution in [2.24, 2.45) is 11.8 Å². The van der Waals surface area contributed by atoms with Crippen LogP contribution in [0.3, 0.4) is 0 Å². The van der Waals surface area contributed by atoms with E-state index in [1.165, 1.54) is 22.3 Å². The first kappa shape index (κ1) is 23.8. The van der Waals surface area contributed by atoms with Gasteiger partial charge in [-0.15, -0.1) is 0 Å². The highest BCUT2D eigenvalue weighted by Gasteiger charge is 2.36. The number of hydrogen-bond acceptors (Lipinski definition) is 4. The Morgan fingerprint density at radius 2 is 1.62 bits per heavy atom. The smallest absolute Gasteiger partial charge is 0.407 e. The van der Waals surface area contributed by atoms with Gasteiger partial charge in [-0.25, -0.2) is 4.79 Å². The molecule has 7 nitrogen and oxygen atoms in total. The van der Waals surface area contributed by atoms with Gasteiger partial charge in [0.05, 0.1) is 0 Å². The fraction of sp³-hybridized carbons (Fsp3) is 0.444. The van der Waals surface area contributed by atoms with Gasteiger partial charge in [0.25, 0.3) is 0 Å². The topological polar surface area (TPSA) is 105 Å². The van der Waals surface area contributed by atoms with Gasteiger partial charge >= 0.3 is 12.1 Å². The van der Waals surface area contributed by atoms with Crippen molar-refractivity contribution in [1.82, 2.24) is 10.6 Å². The van der Waals surface area contributed by atoms with Crippen LogP contribution in [0.2, 0.25) is 0 Å². The summed E-state index contributed by atoms with van der Waals surface area (Å²) in [6.07, 6.45) is 2.28. The Morgan fingerprint density at radius 3 is 2.24 bits per heavy atom. The minimum absolute atomic E-state index is 0.00368. The standard InChI is InChI=1S/C27H32N2O5/c1-17(10-11-25(30)31)12-13-28-26(32)18-14-19(15-18)29-27(33)34-16-24-22-8-4-2-6-20(22)21-7-3-5-9-23(21)24/h2-9,17-19,24H,10-16H2,1H3,(H,28,32)(H,29,33)(H,30,31). The number of nitrogens with one attached hydrogen (secondary N) is 2. The van der Waals surface area contributed by atoms with Crippen LogP contribution in [0.15, 0.2) is 48.5 Å². The second-order valence-corrected chi connectivity index (χ2v) is 9.45. The summed E-state index contributed by atoms with van der Waals surface area (Å²) in [5.74, 6) is -0.624. The zero-order valence-corrected chi connectivity index (χ0v) is 19.5. The summed E-state index contributed by atoms with van der Waals surface area (Å²) in [6, 6.07) is 16.4. The normalized spacial score (nSPS) is 19.3. The minimum Gasteiger partial charge on any atom is -0.481 e. The van der Waals surface area contributed by atoms with Gasteiger partial charge in [0.15, 0.2) is 0 Å². The predicted octanol–water partition coefficient (Wildman–Crippen LogP) is 4.31. The van der Waals surface area contributed by atoms with Gasteiger partial charge in [-0.3, -0.25) is 9.59 Å². The summed E-state index contributed by atoms with van der Waals surface area (Å²) in [5.41, 5.74) is 4.73. The highest BCUT2D eigenvalue weighted by molar-refractivity contribution is 5.80. The molecule has 4 rings (SSSR count). The average molecular weight is 465 g/mol. The number of rotatable bonds is 10. The average Bonchev–Trinajstić information content (AvgIpc) is 3.12. The van der Waals surface area contributed by atoms with E-state index < -0.39 is 12.1 Å². The first-order valence-electron chi connectivity index (χ1n) is 12.0. The molecule has 0 saturated heterocycles. The maximum atomic E-state index is 12.4. The van der Waals surface area contributed by atoms with Gasteiger partial charge < -0.3 is 20.5 Å². The highest BCUT2D eigenvalue weighted by atomic mass is 16.5. The summed E-state index contributed by atoms with van der Waals surface area (Å²) < 4.78 is 5.58. The fourth-order valence-electron chi connectivity index (χ4n) is 4.86. The number of ether oxygens (including phenoxy) is 1. The number of carboxylic acid groups (broad SMARTS) is 1. The second-order valence-electron chi connectivity index (χ2n) is 9.45. The summed E-state index contributed by atoms with van der Waals surface area (Å²) >= 11 is 0. The number of carbonyl (C=O) groups is 3. The van der Waals surface area contributed by atoms with E-state index in [0.717, 1.165) is 6.42 Å². The van der Waals surface area contributed by atoms with Crippen LogP contribution in [0.25, 0.3) is 11.1 Å². The van der Waals surface area contributed by atoms with E-state index in [1.54, 1.807) is 0 Å². The SMILES string of the molecule is CC(CCNC(=O)C1CC(NC(=O)OCC2c3ccccc3-c3ccccc32)C1)CCC(=O)O. The zero-order valence-electron chi connectivity index (χ0n) is 19.5. The van der Waals surface area contributed by atoms with E-state index in [1.807, 2.05) is 31.2 Å². The van der Waals surface area contributed by atoms with Gasteiger partial charge in [0.2, 0.25) is 5.91 Å². The van der Waals surface area contributed by atoms with Crippen molar-refractivity contribution in [3.8, 4) is 11.1 Å². The third-order valence-electron chi connectivity index (χ3n) is 6.96. The molecule has 1 fully saturated rings. The second kappa shape index (κ2) is 10.7. The van der Waals surface area contributed by atoms with Crippen molar-refractivity contribution in [2.45, 2.75) is 51.0 Å². The molecule has 7 heteroatoms. The molecule has 1 atom stereocenters. The third kappa shape index (κ3) is 5.58. The molecule has 0 bridgehead atoms. The van der Waals surface area contributed by atoms with Crippen molar-refractivity contribution in [1.29, 1.82) is 0 Å². The first-order valence-corrected chi connectivity index (χ1v) is 12.0. The minimum atomic E-state index is -0.791. The Hall–Kier alpha value is -3.35. The molecule has 2 amide bonds. The molecule has 2 aromatic carbocycles. The summed E-state index contributed by atoms with van der Waals surface area (Å²) in [5, 5.41) is 14.5. The lowest BCUT2D eigenvalue weighted by atomic mass is 9.79. The molecule has 0 aromatic heterocycles. The molecule has 0 heterocycles. The molecule has 3 N–H and O–H groups in total. The fourth-order valence-corrected chi connectivity index (χ4v) is 4.86. The van der Waals surface area contributed by atoms with Crippen molar-refractivity contribution in [2.75, 3.05) is 13.2 Å². The molecule has 2 aliphatic rings. The number of alkyl carbamates (subject to hydrolysis) is 1. The van der Waals surface area contributed by atoms with Crippen LogP contribution in [0, 0.1) is 11.8 Å². The molecule has 1 saturated carbocycles. The Kier molecular flexibility index (Phi) is 7.50. The zero-order chi connectivity index (χ0) is 24.1. The van der Waals surface area contributed by atoms with Gasteiger partial charge in [0.1, 0.15) is 6.61 Å². The first-order chi connectivity index (χ1) is 16.4. The predicted molar refractivity (Wildman–Crippen MR) is 128 cm³/mol. The lowest BCUT2D eigenvalue weighted by Gasteiger charge is -2.34. The maximum absolute atomic E-state index is 12.4. The molecule has 0 spiro atoms. The summed E-state index contributed by atoms with van der Waals surface area (Å²) in [4.78, 5) is 35.3. The van der Waals surface area contributed by atoms with E-state index >= 15 is 0 Å². The van der Waals surface area contributed by atoms with Gasteiger partial charge in [-0.05, 0) is 53.9 Å². The number of amides is 2. The molecule has 0 aliphatic heterocycles. The molecule has 34 heavy (non-hydrogen) atoms. The molecule has 0 radical (unpaired) electrons. The van der Waals surface area contributed by atoms with Crippen molar-refractivity contribution >= 4 is 18.0 Å². The van der Waals surface area contributed by atoms with Crippen LogP contribution in [0.1, 0.15) is 56.1 Å². The largest absolute Gasteiger partial charge is 0.481 e. The molecule has 180 valence electrons. The van der Waals surface area contributed by atoms with Crippen LogP contribution in [0.5, 0.6) is 0 Å². The quantitative estimate of drug-likeness (QED) is 0.486. The van der Waals surface area contributed by atoms with Gasteiger partial charge in [-0.1, -0.05) is 55.5 Å².